The summed E-state index contributed by atoms with van der Waals surface area (Å²) in [5.41, 5.74) is 4.97. The highest BCUT2D eigenvalue weighted by Crippen LogP contribution is 2.38. The van der Waals surface area contributed by atoms with Crippen molar-refractivity contribution in [2.24, 2.45) is 0 Å². The number of nitrogens with zero attached hydrogens (tertiary/aromatic N) is 1. The number of rotatable bonds is 5. The lowest BCUT2D eigenvalue weighted by atomic mass is 9.94. The lowest BCUT2D eigenvalue weighted by molar-refractivity contribution is -0.111. The van der Waals surface area contributed by atoms with Crippen molar-refractivity contribution < 1.29 is 13.9 Å². The van der Waals surface area contributed by atoms with Crippen LogP contribution in [0.4, 0.5) is 5.82 Å². The fourth-order valence-electron chi connectivity index (χ4n) is 3.91. The highest BCUT2D eigenvalue weighted by Gasteiger charge is 2.20. The van der Waals surface area contributed by atoms with E-state index in [-0.39, 0.29) is 5.91 Å². The third kappa shape index (κ3) is 4.04. The Bertz CT molecular complexity index is 1090. The van der Waals surface area contributed by atoms with Gasteiger partial charge in [-0.15, -0.1) is 0 Å². The summed E-state index contributed by atoms with van der Waals surface area (Å²) >= 11 is 0. The first-order valence-corrected chi connectivity index (χ1v) is 10.2. The Hall–Kier alpha value is -3.08. The van der Waals surface area contributed by atoms with Crippen molar-refractivity contribution in [3.05, 3.63) is 59.0 Å². The van der Waals surface area contributed by atoms with E-state index >= 15 is 0 Å². The third-order valence-electron chi connectivity index (χ3n) is 5.30. The molecule has 0 spiro atoms. The molecule has 2 aromatic heterocycles. The summed E-state index contributed by atoms with van der Waals surface area (Å²) in [4.78, 5) is 16.7. The first-order chi connectivity index (χ1) is 14.0. The molecule has 1 aromatic carbocycles. The van der Waals surface area contributed by atoms with Gasteiger partial charge in [0.25, 0.3) is 0 Å². The molecule has 150 valence electrons. The highest BCUT2D eigenvalue weighted by atomic mass is 16.5. The second-order valence-electron chi connectivity index (χ2n) is 7.52. The summed E-state index contributed by atoms with van der Waals surface area (Å²) in [6, 6.07) is 7.81. The van der Waals surface area contributed by atoms with Crippen LogP contribution in [0.2, 0.25) is 0 Å². The van der Waals surface area contributed by atoms with Gasteiger partial charge in [0, 0.05) is 41.3 Å². The van der Waals surface area contributed by atoms with Crippen LogP contribution in [0.25, 0.3) is 16.5 Å². The summed E-state index contributed by atoms with van der Waals surface area (Å²) in [7, 11) is 0. The van der Waals surface area contributed by atoms with Gasteiger partial charge in [-0.3, -0.25) is 4.79 Å². The van der Waals surface area contributed by atoms with Crippen molar-refractivity contribution >= 4 is 28.3 Å². The molecule has 0 saturated carbocycles. The van der Waals surface area contributed by atoms with Crippen LogP contribution in [-0.2, 0) is 17.6 Å². The number of anilines is 1. The third-order valence-corrected chi connectivity index (χ3v) is 5.30. The molecule has 4 rings (SSSR count). The molecule has 3 aromatic rings. The fourth-order valence-corrected chi connectivity index (χ4v) is 3.91. The molecular formula is C24H26N2O3. The monoisotopic (exact) mass is 390 g/mol. The number of allylic oxidation sites excluding steroid dienone is 1. The van der Waals surface area contributed by atoms with Gasteiger partial charge >= 0.3 is 0 Å². The second-order valence-corrected chi connectivity index (χ2v) is 7.52. The second kappa shape index (κ2) is 8.11. The molecule has 0 aliphatic heterocycles. The van der Waals surface area contributed by atoms with E-state index in [0.717, 1.165) is 52.0 Å². The Morgan fingerprint density at radius 1 is 1.28 bits per heavy atom. The number of nitrogens with one attached hydrogen (secondary N) is 1. The molecule has 1 N–H and O–H groups in total. The number of aromatic nitrogens is 1. The summed E-state index contributed by atoms with van der Waals surface area (Å²) in [5.74, 6) is 2.16. The average molecular weight is 390 g/mol. The van der Waals surface area contributed by atoms with Crippen LogP contribution in [0.15, 0.2) is 41.0 Å². The van der Waals surface area contributed by atoms with Crippen molar-refractivity contribution in [3.63, 3.8) is 0 Å². The Morgan fingerprint density at radius 2 is 2.10 bits per heavy atom. The lowest BCUT2D eigenvalue weighted by Crippen LogP contribution is -2.10. The van der Waals surface area contributed by atoms with Crippen molar-refractivity contribution in [2.45, 2.75) is 46.5 Å². The van der Waals surface area contributed by atoms with E-state index in [9.17, 15) is 4.79 Å². The van der Waals surface area contributed by atoms with Crippen LogP contribution in [-0.4, -0.2) is 17.5 Å². The SMILES string of the molecule is CCOc1cc2oc3c(c2cc1/C(C)=C/C(=O)Nc1cc(C)ccn1)CCCC3. The minimum absolute atomic E-state index is 0.211. The van der Waals surface area contributed by atoms with Crippen LogP contribution in [0.3, 0.4) is 0 Å². The molecule has 29 heavy (non-hydrogen) atoms. The van der Waals surface area contributed by atoms with Gasteiger partial charge in [-0.05, 0) is 69.4 Å². The zero-order valence-corrected chi connectivity index (χ0v) is 17.2. The summed E-state index contributed by atoms with van der Waals surface area (Å²) in [5, 5.41) is 3.96. The topological polar surface area (TPSA) is 64.4 Å². The summed E-state index contributed by atoms with van der Waals surface area (Å²) in [6.07, 6.45) is 7.67. The maximum absolute atomic E-state index is 12.5. The van der Waals surface area contributed by atoms with Gasteiger partial charge in [0.05, 0.1) is 6.61 Å². The van der Waals surface area contributed by atoms with E-state index in [2.05, 4.69) is 16.4 Å². The molecule has 1 aliphatic carbocycles. The lowest BCUT2D eigenvalue weighted by Gasteiger charge is -2.12. The number of hydrogen-bond donors (Lipinski definition) is 1. The van der Waals surface area contributed by atoms with Gasteiger partial charge in [0.1, 0.15) is 22.9 Å². The number of carbonyl (C=O) groups excluding carboxylic acids is 1. The average Bonchev–Trinajstić information content (AvgIpc) is 3.05. The number of carbonyl (C=O) groups is 1. The Balaban J connectivity index is 1.69. The van der Waals surface area contributed by atoms with E-state index in [1.165, 1.54) is 18.4 Å². The number of furan rings is 1. The molecule has 0 bridgehead atoms. The molecule has 0 fully saturated rings. The number of ether oxygens (including phenoxy) is 1. The van der Waals surface area contributed by atoms with Crippen molar-refractivity contribution in [3.8, 4) is 5.75 Å². The summed E-state index contributed by atoms with van der Waals surface area (Å²) < 4.78 is 12.0. The van der Waals surface area contributed by atoms with Gasteiger partial charge in [-0.2, -0.15) is 0 Å². The molecule has 2 heterocycles. The molecular weight excluding hydrogens is 364 g/mol. The predicted molar refractivity (Wildman–Crippen MR) is 115 cm³/mol. The van der Waals surface area contributed by atoms with E-state index in [1.54, 1.807) is 12.3 Å². The maximum Gasteiger partial charge on any atom is 0.249 e. The van der Waals surface area contributed by atoms with E-state index in [1.807, 2.05) is 39.0 Å². The molecule has 5 heteroatoms. The number of hydrogen-bond acceptors (Lipinski definition) is 4. The van der Waals surface area contributed by atoms with Gasteiger partial charge in [-0.25, -0.2) is 4.98 Å². The van der Waals surface area contributed by atoms with Gasteiger partial charge in [0.15, 0.2) is 0 Å². The van der Waals surface area contributed by atoms with Gasteiger partial charge in [-0.1, -0.05) is 0 Å². The molecule has 0 saturated heterocycles. The van der Waals surface area contributed by atoms with Crippen LogP contribution in [0.5, 0.6) is 5.75 Å². The van der Waals surface area contributed by atoms with Crippen molar-refractivity contribution in [1.29, 1.82) is 0 Å². The molecule has 0 radical (unpaired) electrons. The van der Waals surface area contributed by atoms with Gasteiger partial charge < -0.3 is 14.5 Å². The number of amides is 1. The van der Waals surface area contributed by atoms with Crippen molar-refractivity contribution in [2.75, 3.05) is 11.9 Å². The molecule has 0 unspecified atom stereocenters. The fraction of sp³-hybridized carbons (Fsp3) is 0.333. The standard InChI is InChI=1S/C24H26N2O3/c1-4-28-21-14-22-19(17-7-5-6-8-20(17)29-22)13-18(21)16(3)12-24(27)26-23-11-15(2)9-10-25-23/h9-14H,4-8H2,1-3H3,(H,25,26,27)/b16-12+. The minimum Gasteiger partial charge on any atom is -0.493 e. The van der Waals surface area contributed by atoms with Crippen LogP contribution < -0.4 is 10.1 Å². The Morgan fingerprint density at radius 3 is 2.90 bits per heavy atom. The highest BCUT2D eigenvalue weighted by molar-refractivity contribution is 6.04. The van der Waals surface area contributed by atoms with E-state index in [4.69, 9.17) is 9.15 Å². The first kappa shape index (κ1) is 19.2. The normalized spacial score (nSPS) is 14.0. The predicted octanol–water partition coefficient (Wildman–Crippen LogP) is 5.46. The Kier molecular flexibility index (Phi) is 5.38. The zero-order valence-electron chi connectivity index (χ0n) is 17.2. The van der Waals surface area contributed by atoms with Crippen LogP contribution in [0, 0.1) is 6.92 Å². The Labute approximate surface area is 170 Å². The number of fused-ring (bicyclic) bond motifs is 3. The van der Waals surface area contributed by atoms with Crippen molar-refractivity contribution in [1.82, 2.24) is 4.98 Å². The quantitative estimate of drug-likeness (QED) is 0.588. The number of aryl methyl sites for hydroxylation is 3. The van der Waals surface area contributed by atoms with Crippen LogP contribution in [0.1, 0.15) is 49.1 Å². The van der Waals surface area contributed by atoms with Gasteiger partial charge in [0.2, 0.25) is 5.91 Å². The number of pyridine rings is 1. The van der Waals surface area contributed by atoms with E-state index in [0.29, 0.717) is 12.4 Å². The molecule has 1 aliphatic rings. The largest absolute Gasteiger partial charge is 0.493 e. The summed E-state index contributed by atoms with van der Waals surface area (Å²) in [6.45, 7) is 6.40. The number of benzene rings is 1. The molecule has 0 atom stereocenters. The smallest absolute Gasteiger partial charge is 0.249 e. The first-order valence-electron chi connectivity index (χ1n) is 10.2. The minimum atomic E-state index is -0.211. The maximum atomic E-state index is 12.5. The molecule has 1 amide bonds. The van der Waals surface area contributed by atoms with E-state index < -0.39 is 0 Å². The molecule has 5 nitrogen and oxygen atoms in total. The zero-order chi connectivity index (χ0) is 20.4. The van der Waals surface area contributed by atoms with Crippen LogP contribution >= 0.6 is 0 Å².